The van der Waals surface area contributed by atoms with Crippen LogP contribution in [0.2, 0.25) is 0 Å². The van der Waals surface area contributed by atoms with Crippen molar-refractivity contribution in [3.8, 4) is 0 Å². The second-order valence-electron chi connectivity index (χ2n) is 7.71. The van der Waals surface area contributed by atoms with E-state index in [1.807, 2.05) is 13.8 Å². The van der Waals surface area contributed by atoms with Gasteiger partial charge in [0.25, 0.3) is 0 Å². The fourth-order valence-corrected chi connectivity index (χ4v) is 4.23. The van der Waals surface area contributed by atoms with Crippen LogP contribution in [0.1, 0.15) is 46.0 Å². The monoisotopic (exact) mass is 380 g/mol. The molecule has 2 saturated heterocycles. The van der Waals surface area contributed by atoms with Gasteiger partial charge in [0.2, 0.25) is 17.7 Å². The number of primary amides is 1. The predicted molar refractivity (Wildman–Crippen MR) is 95.4 cm³/mol. The lowest BCUT2D eigenvalue weighted by Crippen LogP contribution is -2.66. The summed E-state index contributed by atoms with van der Waals surface area (Å²) in [6.07, 6.45) is 2.85. The van der Waals surface area contributed by atoms with Crippen LogP contribution in [0.3, 0.4) is 0 Å². The summed E-state index contributed by atoms with van der Waals surface area (Å²) in [5.41, 5.74) is 8.17. The topological polar surface area (TPSA) is 128 Å². The third-order valence-corrected chi connectivity index (χ3v) is 5.31. The molecule has 10 nitrogen and oxygen atoms in total. The number of carbonyl (C=O) groups is 4. The molecule has 1 aliphatic carbocycles. The van der Waals surface area contributed by atoms with E-state index in [0.29, 0.717) is 0 Å². The number of hydrazine groups is 1. The highest BCUT2D eigenvalue weighted by molar-refractivity contribution is 5.88. The van der Waals surface area contributed by atoms with Gasteiger partial charge in [0.05, 0.1) is 5.92 Å². The number of hydrogen-bond acceptors (Lipinski definition) is 5. The Labute approximate surface area is 158 Å². The number of nitrogens with two attached hydrogens (primary N) is 1. The second kappa shape index (κ2) is 7.71. The number of nitrogens with one attached hydrogen (secondary N) is 2. The first-order valence-electron chi connectivity index (χ1n) is 9.53. The van der Waals surface area contributed by atoms with Gasteiger partial charge < -0.3 is 16.0 Å². The van der Waals surface area contributed by atoms with Crippen molar-refractivity contribution in [2.75, 3.05) is 13.1 Å². The van der Waals surface area contributed by atoms with Gasteiger partial charge in [0.15, 0.2) is 6.29 Å². The Hall–Kier alpha value is -2.36. The van der Waals surface area contributed by atoms with Gasteiger partial charge in [-0.2, -0.15) is 5.43 Å². The van der Waals surface area contributed by atoms with Crippen molar-refractivity contribution >= 4 is 23.8 Å². The molecule has 27 heavy (non-hydrogen) atoms. The van der Waals surface area contributed by atoms with Gasteiger partial charge in [0.1, 0.15) is 6.54 Å². The molecular formula is C17H28N6O4. The molecule has 10 heteroatoms. The molecule has 0 aromatic carbocycles. The van der Waals surface area contributed by atoms with Crippen molar-refractivity contribution in [1.82, 2.24) is 25.6 Å². The molecule has 3 aliphatic rings. The highest BCUT2D eigenvalue weighted by Gasteiger charge is 2.54. The number of nitrogens with zero attached hydrogens (tertiary/aromatic N) is 3. The van der Waals surface area contributed by atoms with Crippen LogP contribution in [0.15, 0.2) is 0 Å². The standard InChI is InChI=1S/C17H28N6O4/c1-10(2)19-14(25)7-8-21-15(26)11-5-3-4-6-12(11)23-16(21)20-22(17(23)27)9-13(18)24/h10-12,16,20H,3-9H2,1-2H3,(H2,18,24)(H,19,25). The normalized spacial score (nSPS) is 27.7. The molecule has 4 N–H and O–H groups in total. The van der Waals surface area contributed by atoms with E-state index in [9.17, 15) is 19.2 Å². The molecule has 3 rings (SSSR count). The van der Waals surface area contributed by atoms with Crippen LogP contribution in [-0.4, -0.2) is 70.0 Å². The fourth-order valence-electron chi connectivity index (χ4n) is 4.23. The smallest absolute Gasteiger partial charge is 0.337 e. The van der Waals surface area contributed by atoms with Gasteiger partial charge >= 0.3 is 6.03 Å². The van der Waals surface area contributed by atoms with Gasteiger partial charge in [-0.05, 0) is 26.7 Å². The highest BCUT2D eigenvalue weighted by Crippen LogP contribution is 2.38. The van der Waals surface area contributed by atoms with E-state index < -0.39 is 12.2 Å². The zero-order chi connectivity index (χ0) is 19.7. The minimum absolute atomic E-state index is 0.0195. The minimum Gasteiger partial charge on any atom is -0.368 e. The van der Waals surface area contributed by atoms with E-state index in [0.717, 1.165) is 25.7 Å². The first kappa shape index (κ1) is 19.4. The third-order valence-electron chi connectivity index (χ3n) is 5.31. The van der Waals surface area contributed by atoms with Crippen LogP contribution in [-0.2, 0) is 14.4 Å². The van der Waals surface area contributed by atoms with Crippen LogP contribution in [0, 0.1) is 5.92 Å². The molecule has 0 aromatic heterocycles. The van der Waals surface area contributed by atoms with E-state index in [1.165, 1.54) is 5.01 Å². The molecule has 2 aliphatic heterocycles. The molecule has 3 fully saturated rings. The number of carbonyl (C=O) groups excluding carboxylic acids is 4. The minimum atomic E-state index is -0.685. The van der Waals surface area contributed by atoms with Crippen molar-refractivity contribution in [3.05, 3.63) is 0 Å². The lowest BCUT2D eigenvalue weighted by atomic mass is 9.81. The van der Waals surface area contributed by atoms with E-state index in [1.54, 1.807) is 9.80 Å². The SMILES string of the molecule is CC(C)NC(=O)CCN1C(=O)C2CCCCC2N2C(=O)N(CC(N)=O)NC12. The van der Waals surface area contributed by atoms with E-state index in [2.05, 4.69) is 10.7 Å². The second-order valence-corrected chi connectivity index (χ2v) is 7.71. The first-order chi connectivity index (χ1) is 12.8. The van der Waals surface area contributed by atoms with Gasteiger partial charge in [-0.15, -0.1) is 0 Å². The summed E-state index contributed by atoms with van der Waals surface area (Å²) in [7, 11) is 0. The van der Waals surface area contributed by atoms with Gasteiger partial charge in [-0.1, -0.05) is 12.8 Å². The summed E-state index contributed by atoms with van der Waals surface area (Å²) >= 11 is 0. The van der Waals surface area contributed by atoms with Crippen molar-refractivity contribution < 1.29 is 19.2 Å². The van der Waals surface area contributed by atoms with Crippen LogP contribution < -0.4 is 16.5 Å². The van der Waals surface area contributed by atoms with E-state index in [4.69, 9.17) is 5.73 Å². The third kappa shape index (κ3) is 3.85. The van der Waals surface area contributed by atoms with Crippen molar-refractivity contribution in [3.63, 3.8) is 0 Å². The van der Waals surface area contributed by atoms with Crippen molar-refractivity contribution in [2.24, 2.45) is 11.7 Å². The Morgan fingerprint density at radius 1 is 1.26 bits per heavy atom. The summed E-state index contributed by atoms with van der Waals surface area (Å²) < 4.78 is 0. The fraction of sp³-hybridized carbons (Fsp3) is 0.765. The van der Waals surface area contributed by atoms with Crippen LogP contribution in [0.5, 0.6) is 0 Å². The maximum absolute atomic E-state index is 13.1. The lowest BCUT2D eigenvalue weighted by molar-refractivity contribution is -0.156. The molecule has 5 amide bonds. The van der Waals surface area contributed by atoms with Crippen LogP contribution in [0.25, 0.3) is 0 Å². The highest BCUT2D eigenvalue weighted by atomic mass is 16.2. The molecule has 0 aromatic rings. The largest absolute Gasteiger partial charge is 0.368 e. The average Bonchev–Trinajstić information content (AvgIpc) is 2.90. The quantitative estimate of drug-likeness (QED) is 0.562. The number of amides is 5. The maximum atomic E-state index is 13.1. The van der Waals surface area contributed by atoms with Gasteiger partial charge in [0, 0.05) is 25.0 Å². The van der Waals surface area contributed by atoms with Crippen LogP contribution in [0.4, 0.5) is 4.79 Å². The molecule has 0 bridgehead atoms. The summed E-state index contributed by atoms with van der Waals surface area (Å²) in [6.45, 7) is 3.68. The van der Waals surface area contributed by atoms with Crippen molar-refractivity contribution in [2.45, 2.75) is 64.3 Å². The molecule has 0 spiro atoms. The Bertz CT molecular complexity index is 639. The Morgan fingerprint density at radius 3 is 2.63 bits per heavy atom. The van der Waals surface area contributed by atoms with E-state index >= 15 is 0 Å². The molecule has 150 valence electrons. The van der Waals surface area contributed by atoms with E-state index in [-0.39, 0.29) is 55.4 Å². The number of fused-ring (bicyclic) bond motifs is 3. The van der Waals surface area contributed by atoms with Crippen molar-refractivity contribution in [1.29, 1.82) is 0 Å². The molecule has 0 radical (unpaired) electrons. The van der Waals surface area contributed by atoms with Gasteiger partial charge in [-0.25, -0.2) is 9.80 Å². The number of urea groups is 1. The average molecular weight is 380 g/mol. The summed E-state index contributed by atoms with van der Waals surface area (Å²) in [5.74, 6) is -1.08. The number of rotatable bonds is 6. The summed E-state index contributed by atoms with van der Waals surface area (Å²) in [6, 6.07) is -0.513. The lowest BCUT2D eigenvalue weighted by Gasteiger charge is -2.48. The summed E-state index contributed by atoms with van der Waals surface area (Å²) in [5, 5.41) is 3.97. The number of hydrogen-bond donors (Lipinski definition) is 3. The first-order valence-corrected chi connectivity index (χ1v) is 9.53. The Kier molecular flexibility index (Phi) is 5.54. The Morgan fingerprint density at radius 2 is 1.96 bits per heavy atom. The molecule has 3 unspecified atom stereocenters. The molecule has 2 heterocycles. The molecule has 3 atom stereocenters. The maximum Gasteiger partial charge on any atom is 0.337 e. The van der Waals surface area contributed by atoms with Crippen LogP contribution >= 0.6 is 0 Å². The molecule has 1 saturated carbocycles. The molecular weight excluding hydrogens is 352 g/mol. The zero-order valence-electron chi connectivity index (χ0n) is 15.8. The summed E-state index contributed by atoms with van der Waals surface area (Å²) in [4.78, 5) is 52.4. The Balaban J connectivity index is 1.79. The predicted octanol–water partition coefficient (Wildman–Crippen LogP) is -0.687. The zero-order valence-corrected chi connectivity index (χ0v) is 15.8. The van der Waals surface area contributed by atoms with Gasteiger partial charge in [-0.3, -0.25) is 19.3 Å².